The molecule has 1 fully saturated rings. The van der Waals surface area contributed by atoms with Crippen molar-refractivity contribution in [1.29, 1.82) is 0 Å². The molecule has 2 aliphatic rings. The zero-order chi connectivity index (χ0) is 27.9. The van der Waals surface area contributed by atoms with E-state index in [2.05, 4.69) is 6.92 Å². The maximum Gasteiger partial charge on any atom is 0.343 e. The average Bonchev–Trinajstić information content (AvgIpc) is 2.85. The van der Waals surface area contributed by atoms with Crippen molar-refractivity contribution in [3.63, 3.8) is 0 Å². The summed E-state index contributed by atoms with van der Waals surface area (Å²) in [6.07, 6.45) is 7.51. The van der Waals surface area contributed by atoms with Crippen LogP contribution in [0.4, 0.5) is 30.7 Å². The van der Waals surface area contributed by atoms with Gasteiger partial charge in [-0.15, -0.1) is 0 Å². The molecule has 210 valence electrons. The van der Waals surface area contributed by atoms with Gasteiger partial charge in [-0.25, -0.2) is 8.78 Å². The van der Waals surface area contributed by atoms with E-state index >= 15 is 30.7 Å². The van der Waals surface area contributed by atoms with Crippen LogP contribution in [0.2, 0.25) is 0 Å². The molecule has 2 aromatic rings. The summed E-state index contributed by atoms with van der Waals surface area (Å²) in [5.41, 5.74) is -4.23. The molecule has 0 unspecified atom stereocenters. The fraction of sp³-hybridized carbons (Fsp3) is 0.600. The van der Waals surface area contributed by atoms with E-state index < -0.39 is 63.3 Å². The molecular weight excluding hydrogens is 509 g/mol. The topological polar surface area (TPSA) is 9.23 Å². The molecule has 1 atom stereocenters. The lowest BCUT2D eigenvalue weighted by molar-refractivity contribution is -0.228. The normalized spacial score (nSPS) is 23.3. The summed E-state index contributed by atoms with van der Waals surface area (Å²) in [6, 6.07) is 4.31. The number of halogens is 7. The van der Waals surface area contributed by atoms with Crippen LogP contribution in [0.1, 0.15) is 95.2 Å². The monoisotopic (exact) mass is 544 g/mol. The van der Waals surface area contributed by atoms with Crippen LogP contribution < -0.4 is 4.74 Å². The Morgan fingerprint density at radius 2 is 1.39 bits per heavy atom. The standard InChI is InChI=1S/C30H35F7O/c1-4-6-7-9-18-10-13-20(14-11-18)28(3,33)38-23-17-16-22-21-15-12-19(8-5-2)26(31)24(21)29(34,35)30(36,37)25(22)27(23)32/h12,15-18,20H,4-11,13-14H2,1-3H3/t18?,20?,28-/m0/s1. The van der Waals surface area contributed by atoms with Gasteiger partial charge in [0.05, 0.1) is 11.1 Å². The Balaban J connectivity index is 1.65. The Hall–Kier alpha value is -2.25. The molecule has 0 aromatic heterocycles. The number of hydrogen-bond acceptors (Lipinski definition) is 1. The van der Waals surface area contributed by atoms with Gasteiger partial charge in [0.1, 0.15) is 5.82 Å². The molecule has 0 bridgehead atoms. The van der Waals surface area contributed by atoms with E-state index in [4.69, 9.17) is 4.74 Å². The molecule has 0 amide bonds. The summed E-state index contributed by atoms with van der Waals surface area (Å²) in [5, 5.41) is 0. The second-order valence-electron chi connectivity index (χ2n) is 11.0. The SMILES string of the molecule is CCCCCC1CCC([C@@](C)(F)Oc2ccc3c(c2F)C(F)(F)C(F)(F)c2c-3ccc(CCC)c2F)CC1. The Kier molecular flexibility index (Phi) is 8.11. The zero-order valence-corrected chi connectivity index (χ0v) is 22.1. The third-order valence-corrected chi connectivity index (χ3v) is 8.26. The lowest BCUT2D eigenvalue weighted by Crippen LogP contribution is -2.42. The van der Waals surface area contributed by atoms with E-state index in [0.29, 0.717) is 25.2 Å². The molecular formula is C30H35F7O. The molecule has 0 N–H and O–H groups in total. The minimum absolute atomic E-state index is 0.0878. The van der Waals surface area contributed by atoms with Gasteiger partial charge in [-0.1, -0.05) is 58.1 Å². The molecule has 4 rings (SSSR count). The van der Waals surface area contributed by atoms with Crippen LogP contribution in [0, 0.1) is 23.5 Å². The lowest BCUT2D eigenvalue weighted by Gasteiger charge is -2.38. The van der Waals surface area contributed by atoms with Gasteiger partial charge < -0.3 is 4.74 Å². The Labute approximate surface area is 219 Å². The number of benzene rings is 2. The average molecular weight is 545 g/mol. The number of ether oxygens (including phenoxy) is 1. The Bertz CT molecular complexity index is 1150. The van der Waals surface area contributed by atoms with Crippen LogP contribution >= 0.6 is 0 Å². The van der Waals surface area contributed by atoms with Crippen LogP contribution in [0.15, 0.2) is 24.3 Å². The maximum atomic E-state index is 15.7. The van der Waals surface area contributed by atoms with E-state index in [9.17, 15) is 0 Å². The predicted octanol–water partition coefficient (Wildman–Crippen LogP) is 10.2. The van der Waals surface area contributed by atoms with Gasteiger partial charge in [0.25, 0.3) is 0 Å². The van der Waals surface area contributed by atoms with Gasteiger partial charge in [0.15, 0.2) is 11.6 Å². The summed E-state index contributed by atoms with van der Waals surface area (Å²) in [5.74, 6) is -16.6. The second kappa shape index (κ2) is 10.7. The molecule has 0 aliphatic heterocycles. The van der Waals surface area contributed by atoms with E-state index in [0.717, 1.165) is 63.6 Å². The van der Waals surface area contributed by atoms with Crippen molar-refractivity contribution < 1.29 is 35.5 Å². The van der Waals surface area contributed by atoms with Crippen molar-refractivity contribution in [2.45, 2.75) is 103 Å². The third-order valence-electron chi connectivity index (χ3n) is 8.26. The Morgan fingerprint density at radius 1 is 0.816 bits per heavy atom. The fourth-order valence-electron chi connectivity index (χ4n) is 6.04. The van der Waals surface area contributed by atoms with Crippen LogP contribution in [0.5, 0.6) is 5.75 Å². The number of alkyl halides is 5. The smallest absolute Gasteiger partial charge is 0.343 e. The highest BCUT2D eigenvalue weighted by atomic mass is 19.3. The number of unbranched alkanes of at least 4 members (excludes halogenated alkanes) is 2. The molecule has 0 heterocycles. The van der Waals surface area contributed by atoms with Crippen LogP contribution in [0.25, 0.3) is 11.1 Å². The highest BCUT2D eigenvalue weighted by Crippen LogP contribution is 2.60. The van der Waals surface area contributed by atoms with Crippen molar-refractivity contribution in [3.8, 4) is 16.9 Å². The van der Waals surface area contributed by atoms with Crippen molar-refractivity contribution in [1.82, 2.24) is 0 Å². The number of hydrogen-bond donors (Lipinski definition) is 0. The highest BCUT2D eigenvalue weighted by molar-refractivity contribution is 5.77. The van der Waals surface area contributed by atoms with Gasteiger partial charge in [0.2, 0.25) is 5.85 Å². The minimum Gasteiger partial charge on any atom is -0.455 e. The van der Waals surface area contributed by atoms with Crippen LogP contribution in [-0.4, -0.2) is 5.85 Å². The van der Waals surface area contributed by atoms with Gasteiger partial charge in [0, 0.05) is 12.8 Å². The minimum atomic E-state index is -5.08. The van der Waals surface area contributed by atoms with E-state index in [1.807, 2.05) is 0 Å². The summed E-state index contributed by atoms with van der Waals surface area (Å²) < 4.78 is 112. The van der Waals surface area contributed by atoms with Gasteiger partial charge in [-0.2, -0.15) is 22.0 Å². The molecule has 8 heteroatoms. The summed E-state index contributed by atoms with van der Waals surface area (Å²) >= 11 is 0. The van der Waals surface area contributed by atoms with Crippen molar-refractivity contribution in [2.24, 2.45) is 11.8 Å². The molecule has 1 nitrogen and oxygen atoms in total. The molecule has 2 aromatic carbocycles. The molecule has 0 spiro atoms. The van der Waals surface area contributed by atoms with Gasteiger partial charge in [-0.3, -0.25) is 0 Å². The number of fused-ring (bicyclic) bond motifs is 3. The summed E-state index contributed by atoms with van der Waals surface area (Å²) in [4.78, 5) is 0. The first-order valence-electron chi connectivity index (χ1n) is 13.7. The predicted molar refractivity (Wildman–Crippen MR) is 133 cm³/mol. The van der Waals surface area contributed by atoms with E-state index in [-0.39, 0.29) is 12.0 Å². The van der Waals surface area contributed by atoms with Gasteiger partial charge >= 0.3 is 11.8 Å². The van der Waals surface area contributed by atoms with Crippen molar-refractivity contribution >= 4 is 0 Å². The molecule has 0 saturated heterocycles. The first-order chi connectivity index (χ1) is 17.9. The first kappa shape index (κ1) is 28.8. The number of rotatable bonds is 9. The molecule has 1 saturated carbocycles. The largest absolute Gasteiger partial charge is 0.455 e. The van der Waals surface area contributed by atoms with Gasteiger partial charge in [-0.05, 0) is 66.8 Å². The summed E-state index contributed by atoms with van der Waals surface area (Å²) in [6.45, 7) is 4.95. The molecule has 0 radical (unpaired) electrons. The third kappa shape index (κ3) is 4.92. The second-order valence-corrected chi connectivity index (χ2v) is 11.0. The molecule has 2 aliphatic carbocycles. The highest BCUT2D eigenvalue weighted by Gasteiger charge is 2.65. The van der Waals surface area contributed by atoms with E-state index in [1.165, 1.54) is 6.07 Å². The Morgan fingerprint density at radius 3 is 1.97 bits per heavy atom. The van der Waals surface area contributed by atoms with Crippen molar-refractivity contribution in [3.05, 3.63) is 52.6 Å². The summed E-state index contributed by atoms with van der Waals surface area (Å²) in [7, 11) is 0. The quantitative estimate of drug-likeness (QED) is 0.225. The lowest BCUT2D eigenvalue weighted by atomic mass is 9.77. The maximum absolute atomic E-state index is 15.7. The number of aryl methyl sites for hydroxylation is 1. The van der Waals surface area contributed by atoms with Crippen LogP contribution in [-0.2, 0) is 18.3 Å². The van der Waals surface area contributed by atoms with Crippen molar-refractivity contribution in [2.75, 3.05) is 0 Å². The first-order valence-corrected chi connectivity index (χ1v) is 13.7. The fourth-order valence-corrected chi connectivity index (χ4v) is 6.04. The van der Waals surface area contributed by atoms with Crippen LogP contribution in [0.3, 0.4) is 0 Å². The van der Waals surface area contributed by atoms with E-state index in [1.54, 1.807) is 6.92 Å². The zero-order valence-electron chi connectivity index (χ0n) is 22.1. The molecule has 38 heavy (non-hydrogen) atoms.